The highest BCUT2D eigenvalue weighted by atomic mass is 14.7. The molecule has 4 bridgehead atoms. The lowest BCUT2D eigenvalue weighted by atomic mass is 9.96. The molecular formula is C9H14. The molecule has 0 heteroatoms. The highest BCUT2D eigenvalue weighted by Crippen LogP contribution is 2.73. The van der Waals surface area contributed by atoms with Crippen LogP contribution in [0.15, 0.2) is 0 Å². The van der Waals surface area contributed by atoms with Crippen molar-refractivity contribution in [3.63, 3.8) is 0 Å². The van der Waals surface area contributed by atoms with E-state index in [1.54, 1.807) is 12.8 Å². The lowest BCUT2D eigenvalue weighted by molar-refractivity contribution is 0.400. The molecule has 4 aliphatic carbocycles. The molecule has 0 N–H and O–H groups in total. The van der Waals surface area contributed by atoms with Gasteiger partial charge in [0.25, 0.3) is 0 Å². The Morgan fingerprint density at radius 3 is 2.11 bits per heavy atom. The second-order valence-corrected chi connectivity index (χ2v) is 4.21. The van der Waals surface area contributed by atoms with Gasteiger partial charge in [0.2, 0.25) is 0 Å². The van der Waals surface area contributed by atoms with E-state index in [4.69, 9.17) is 0 Å². The van der Waals surface area contributed by atoms with Crippen LogP contribution in [0.1, 0.15) is 26.2 Å². The zero-order chi connectivity index (χ0) is 6.01. The van der Waals surface area contributed by atoms with Crippen molar-refractivity contribution in [1.82, 2.24) is 0 Å². The molecule has 0 heterocycles. The molecule has 3 atom stereocenters. The van der Waals surface area contributed by atoms with Gasteiger partial charge in [-0.3, -0.25) is 0 Å². The van der Waals surface area contributed by atoms with Crippen molar-refractivity contribution >= 4 is 0 Å². The van der Waals surface area contributed by atoms with Gasteiger partial charge in [-0.15, -0.1) is 0 Å². The molecule has 0 aliphatic heterocycles. The number of rotatable bonds is 1. The zero-order valence-corrected chi connectivity index (χ0v) is 6.01. The van der Waals surface area contributed by atoms with Crippen LogP contribution in [0.25, 0.3) is 0 Å². The fourth-order valence-electron chi connectivity index (χ4n) is 3.84. The summed E-state index contributed by atoms with van der Waals surface area (Å²) in [6.07, 6.45) is 4.71. The van der Waals surface area contributed by atoms with E-state index < -0.39 is 0 Å². The zero-order valence-electron chi connectivity index (χ0n) is 6.01. The quantitative estimate of drug-likeness (QED) is 0.500. The summed E-state index contributed by atoms with van der Waals surface area (Å²) < 4.78 is 0. The summed E-state index contributed by atoms with van der Waals surface area (Å²) >= 11 is 0. The first kappa shape index (κ1) is 4.76. The Morgan fingerprint density at radius 2 is 1.89 bits per heavy atom. The molecule has 9 heavy (non-hydrogen) atoms. The van der Waals surface area contributed by atoms with Gasteiger partial charge in [0.1, 0.15) is 0 Å². The summed E-state index contributed by atoms with van der Waals surface area (Å²) in [6.45, 7) is 2.38. The van der Waals surface area contributed by atoms with Gasteiger partial charge in [0.15, 0.2) is 0 Å². The van der Waals surface area contributed by atoms with Crippen LogP contribution in [0.3, 0.4) is 0 Å². The highest BCUT2D eigenvalue weighted by molar-refractivity contribution is 5.15. The molecule has 4 aliphatic rings. The van der Waals surface area contributed by atoms with Crippen LogP contribution in [0.5, 0.6) is 0 Å². The van der Waals surface area contributed by atoms with Gasteiger partial charge in [0.05, 0.1) is 0 Å². The molecule has 4 fully saturated rings. The summed E-state index contributed by atoms with van der Waals surface area (Å²) in [7, 11) is 0. The summed E-state index contributed by atoms with van der Waals surface area (Å²) in [5, 5.41) is 0. The fourth-order valence-corrected chi connectivity index (χ4v) is 3.84. The van der Waals surface area contributed by atoms with Gasteiger partial charge in [-0.1, -0.05) is 13.3 Å². The average molecular weight is 122 g/mol. The second-order valence-electron chi connectivity index (χ2n) is 4.21. The smallest absolute Gasteiger partial charge is 0.0321 e. The second kappa shape index (κ2) is 1.21. The summed E-state index contributed by atoms with van der Waals surface area (Å²) in [4.78, 5) is 0. The number of hydrogen-bond acceptors (Lipinski definition) is 0. The normalized spacial score (nSPS) is 67.0. The summed E-state index contributed by atoms with van der Waals surface area (Å²) in [5.41, 5.74) is 0. The average Bonchev–Trinajstić information content (AvgIpc) is 2.40. The first-order valence-electron chi connectivity index (χ1n) is 4.42. The summed E-state index contributed by atoms with van der Waals surface area (Å²) in [5.74, 6) is 6.08. The van der Waals surface area contributed by atoms with Gasteiger partial charge >= 0.3 is 0 Å². The van der Waals surface area contributed by atoms with Crippen LogP contribution in [-0.4, -0.2) is 0 Å². The summed E-state index contributed by atoms with van der Waals surface area (Å²) in [6, 6.07) is 0. The van der Waals surface area contributed by atoms with E-state index in [0.29, 0.717) is 0 Å². The third kappa shape index (κ3) is 0.367. The molecule has 3 unspecified atom stereocenters. The molecule has 4 saturated carbocycles. The lowest BCUT2D eigenvalue weighted by Gasteiger charge is -2.09. The minimum absolute atomic E-state index is 1.18. The van der Waals surface area contributed by atoms with Gasteiger partial charge in [-0.05, 0) is 42.4 Å². The molecule has 0 radical (unpaired) electrons. The van der Waals surface area contributed by atoms with Crippen molar-refractivity contribution in [3.05, 3.63) is 0 Å². The van der Waals surface area contributed by atoms with Crippen molar-refractivity contribution in [2.45, 2.75) is 26.2 Å². The molecule has 0 spiro atoms. The largest absolute Gasteiger partial charge is 0.0651 e. The fraction of sp³-hybridized carbons (Fsp3) is 1.00. The van der Waals surface area contributed by atoms with Crippen molar-refractivity contribution < 1.29 is 0 Å². The molecule has 0 amide bonds. The Morgan fingerprint density at radius 1 is 1.22 bits per heavy atom. The third-order valence-electron chi connectivity index (χ3n) is 4.12. The van der Waals surface area contributed by atoms with Crippen molar-refractivity contribution in [2.24, 2.45) is 29.6 Å². The molecule has 0 saturated heterocycles. The predicted molar refractivity (Wildman–Crippen MR) is 37.0 cm³/mol. The first-order valence-corrected chi connectivity index (χ1v) is 4.42. The number of hydrogen-bond donors (Lipinski definition) is 0. The van der Waals surface area contributed by atoms with Gasteiger partial charge in [-0.25, -0.2) is 0 Å². The SMILES string of the molecule is CCC1C2CC3C(C2)C13. The highest BCUT2D eigenvalue weighted by Gasteiger charge is 2.67. The van der Waals surface area contributed by atoms with E-state index in [-0.39, 0.29) is 0 Å². The Labute approximate surface area is 56.6 Å². The Hall–Kier alpha value is 0. The van der Waals surface area contributed by atoms with Crippen LogP contribution < -0.4 is 0 Å². The maximum Gasteiger partial charge on any atom is -0.0321 e. The topological polar surface area (TPSA) is 0 Å². The molecule has 0 nitrogen and oxygen atoms in total. The minimum atomic E-state index is 1.18. The van der Waals surface area contributed by atoms with Crippen molar-refractivity contribution in [2.75, 3.05) is 0 Å². The Kier molecular flexibility index (Phi) is 0.640. The van der Waals surface area contributed by atoms with Gasteiger partial charge in [-0.2, -0.15) is 0 Å². The first-order chi connectivity index (χ1) is 4.42. The van der Waals surface area contributed by atoms with E-state index in [1.165, 1.54) is 36.0 Å². The Balaban J connectivity index is 1.95. The van der Waals surface area contributed by atoms with Gasteiger partial charge in [0, 0.05) is 0 Å². The van der Waals surface area contributed by atoms with E-state index >= 15 is 0 Å². The molecule has 4 rings (SSSR count). The van der Waals surface area contributed by atoms with Crippen LogP contribution in [-0.2, 0) is 0 Å². The van der Waals surface area contributed by atoms with E-state index in [9.17, 15) is 0 Å². The maximum atomic E-state index is 2.38. The van der Waals surface area contributed by atoms with E-state index in [1.807, 2.05) is 0 Å². The van der Waals surface area contributed by atoms with E-state index in [2.05, 4.69) is 6.92 Å². The molecule has 0 aromatic heterocycles. The van der Waals surface area contributed by atoms with Crippen molar-refractivity contribution in [1.29, 1.82) is 0 Å². The molecule has 0 aromatic rings. The minimum Gasteiger partial charge on any atom is -0.0651 e. The van der Waals surface area contributed by atoms with Gasteiger partial charge < -0.3 is 0 Å². The van der Waals surface area contributed by atoms with Crippen LogP contribution in [0, 0.1) is 29.6 Å². The maximum absolute atomic E-state index is 2.38. The Bertz CT molecular complexity index is 136. The van der Waals surface area contributed by atoms with Crippen LogP contribution >= 0.6 is 0 Å². The van der Waals surface area contributed by atoms with Crippen LogP contribution in [0.4, 0.5) is 0 Å². The predicted octanol–water partition coefficient (Wildman–Crippen LogP) is 2.30. The molecule has 50 valence electrons. The lowest BCUT2D eigenvalue weighted by Crippen LogP contribution is -2.01. The third-order valence-corrected chi connectivity index (χ3v) is 4.12. The molecule has 0 aromatic carbocycles. The van der Waals surface area contributed by atoms with Crippen LogP contribution in [0.2, 0.25) is 0 Å². The monoisotopic (exact) mass is 122 g/mol. The standard InChI is InChI=1S/C9H14/c1-2-6-5-3-7-8(4-5)9(6)7/h5-9H,2-4H2,1H3. The van der Waals surface area contributed by atoms with Crippen molar-refractivity contribution in [3.8, 4) is 0 Å². The van der Waals surface area contributed by atoms with E-state index in [0.717, 1.165) is 0 Å². The molecular weight excluding hydrogens is 108 g/mol.